The third-order valence-corrected chi connectivity index (χ3v) is 12.2. The van der Waals surface area contributed by atoms with Gasteiger partial charge >= 0.3 is 0 Å². The van der Waals surface area contributed by atoms with Crippen molar-refractivity contribution in [3.05, 3.63) is 71.8 Å². The Morgan fingerprint density at radius 2 is 1.85 bits per heavy atom. The zero-order valence-corrected chi connectivity index (χ0v) is 31.9. The zero-order valence-electron chi connectivity index (χ0n) is 31.1. The molecule has 0 spiro atoms. The van der Waals surface area contributed by atoms with Gasteiger partial charge in [0.15, 0.2) is 6.29 Å². The maximum atomic E-state index is 11.8. The van der Waals surface area contributed by atoms with Crippen molar-refractivity contribution in [1.82, 2.24) is 0 Å². The first-order valence-electron chi connectivity index (χ1n) is 19.3. The first-order valence-corrected chi connectivity index (χ1v) is 20.3. The van der Waals surface area contributed by atoms with E-state index in [1.807, 2.05) is 23.9 Å². The fourth-order valence-corrected chi connectivity index (χ4v) is 9.83. The Labute approximate surface area is 317 Å². The maximum absolute atomic E-state index is 11.8. The van der Waals surface area contributed by atoms with Gasteiger partial charge in [-0.05, 0) is 98.1 Å². The number of thioether (sulfide) groups is 1. The number of rotatable bonds is 19. The molecule has 288 valence electrons. The quantitative estimate of drug-likeness (QED) is 0.0628. The summed E-state index contributed by atoms with van der Waals surface area (Å²) in [5.41, 5.74) is 3.41. The van der Waals surface area contributed by atoms with E-state index >= 15 is 0 Å². The topological polar surface area (TPSA) is 125 Å². The lowest BCUT2D eigenvalue weighted by Gasteiger charge is -2.58. The van der Waals surface area contributed by atoms with Crippen molar-refractivity contribution < 1.29 is 43.5 Å². The van der Waals surface area contributed by atoms with E-state index in [-0.39, 0.29) is 48.4 Å². The van der Waals surface area contributed by atoms with Crippen LogP contribution >= 0.6 is 11.8 Å². The fourth-order valence-electron chi connectivity index (χ4n) is 8.66. The van der Waals surface area contributed by atoms with Gasteiger partial charge in [-0.3, -0.25) is 4.79 Å². The second-order valence-electron chi connectivity index (χ2n) is 14.2. The highest BCUT2D eigenvalue weighted by atomic mass is 32.2. The van der Waals surface area contributed by atoms with E-state index in [9.17, 15) is 15.0 Å². The summed E-state index contributed by atoms with van der Waals surface area (Å²) in [7, 11) is 1.53. The number of allylic oxidation sites excluding steroid dienone is 1. The lowest BCUT2D eigenvalue weighted by Crippen LogP contribution is -2.64. The minimum Gasteiger partial charge on any atom is -0.496 e. The van der Waals surface area contributed by atoms with Crippen molar-refractivity contribution in [2.45, 2.75) is 94.4 Å². The molecule has 2 aliphatic carbocycles. The lowest BCUT2D eigenvalue weighted by molar-refractivity contribution is -0.223. The molecule has 2 heterocycles. The molecule has 4 aliphatic rings. The van der Waals surface area contributed by atoms with Crippen molar-refractivity contribution in [2.24, 2.45) is 22.9 Å². The predicted molar refractivity (Wildman–Crippen MR) is 206 cm³/mol. The first kappa shape index (κ1) is 39.3. The Morgan fingerprint density at radius 3 is 2.57 bits per heavy atom. The van der Waals surface area contributed by atoms with Crippen LogP contribution in [0.15, 0.2) is 65.9 Å². The smallest absolute Gasteiger partial charge is 0.230 e. The molecule has 1 saturated heterocycles. The number of ether oxygens (including phenoxy) is 5. The number of carbonyl (C=O) groups is 1. The number of benzene rings is 2. The molecule has 2 aromatic rings. The monoisotopic (exact) mass is 749 g/mol. The Balaban J connectivity index is 1.50. The molecule has 6 rings (SSSR count). The summed E-state index contributed by atoms with van der Waals surface area (Å²) < 4.78 is 31.8. The second-order valence-corrected chi connectivity index (χ2v) is 15.7. The minimum atomic E-state index is -1.01. The molecule has 10 nitrogen and oxygen atoms in total. The number of hydrogen-bond donors (Lipinski definition) is 2. The first-order chi connectivity index (χ1) is 26.0. The van der Waals surface area contributed by atoms with Gasteiger partial charge in [-0.1, -0.05) is 37.1 Å². The van der Waals surface area contributed by atoms with Gasteiger partial charge in [0.25, 0.3) is 0 Å². The highest BCUT2D eigenvalue weighted by Crippen LogP contribution is 2.62. The molecule has 53 heavy (non-hydrogen) atoms. The molecule has 0 amide bonds. The van der Waals surface area contributed by atoms with Crippen LogP contribution in [0.3, 0.4) is 0 Å². The molecule has 0 aromatic heterocycles. The van der Waals surface area contributed by atoms with Crippen molar-refractivity contribution in [3.8, 4) is 23.0 Å². The van der Waals surface area contributed by atoms with Crippen LogP contribution < -0.4 is 14.2 Å². The van der Waals surface area contributed by atoms with E-state index in [1.165, 1.54) is 7.11 Å². The Hall–Kier alpha value is -3.35. The van der Waals surface area contributed by atoms with Gasteiger partial charge in [-0.15, -0.1) is 6.58 Å². The number of aliphatic hydroxyl groups excluding tert-OH is 2. The van der Waals surface area contributed by atoms with E-state index in [1.54, 1.807) is 24.3 Å². The number of aldehydes is 1. The second kappa shape index (κ2) is 18.8. The summed E-state index contributed by atoms with van der Waals surface area (Å²) in [6.45, 7) is 7.43. The number of unbranched alkanes of at least 4 members (excludes halogenated alkanes) is 2. The van der Waals surface area contributed by atoms with Crippen LogP contribution in [0.25, 0.3) is 0 Å². The molecular formula is C42H55NO9S. The number of fused-ring (bicyclic) bond motifs is 2. The van der Waals surface area contributed by atoms with Crippen molar-refractivity contribution in [1.29, 1.82) is 0 Å². The zero-order chi connectivity index (χ0) is 37.2. The highest BCUT2D eigenvalue weighted by Gasteiger charge is 2.63. The maximum Gasteiger partial charge on any atom is 0.230 e. The standard InChI is InChI=1S/C42H55NO9S/c1-4-21-49-42-38(53-5-2)26-35(43-52-39-14-8-11-22-48-39)33-24-28(12-6-9-19-44)32(13-7-10-20-45)40(41(33)42)34-25-31(16-18-37(34)51-42)50-30-15-17-36(47-3)29(23-30)27-46/h4,15-18,23-25,27-28,32,38-41,44-45H,1,5-14,19-22,26H2,2-3H3. The predicted octanol–water partition coefficient (Wildman–Crippen LogP) is 8.21. The summed E-state index contributed by atoms with van der Waals surface area (Å²) in [5.74, 6) is 2.29. The summed E-state index contributed by atoms with van der Waals surface area (Å²) in [4.78, 5) is 18.0. The number of nitrogens with zero attached hydrogens (tertiary/aromatic N) is 1. The Morgan fingerprint density at radius 1 is 1.06 bits per heavy atom. The number of aliphatic hydroxyl groups is 2. The van der Waals surface area contributed by atoms with Crippen LogP contribution in [0.2, 0.25) is 0 Å². The van der Waals surface area contributed by atoms with Gasteiger partial charge in [-0.2, -0.15) is 11.8 Å². The van der Waals surface area contributed by atoms with E-state index in [4.69, 9.17) is 33.7 Å². The molecule has 2 N–H and O–H groups in total. The largest absolute Gasteiger partial charge is 0.496 e. The molecule has 2 fully saturated rings. The Bertz CT molecular complexity index is 1610. The van der Waals surface area contributed by atoms with Gasteiger partial charge in [0.2, 0.25) is 12.1 Å². The molecule has 0 radical (unpaired) electrons. The van der Waals surface area contributed by atoms with Crippen molar-refractivity contribution >= 4 is 23.8 Å². The third-order valence-electron chi connectivity index (χ3n) is 11.0. The molecule has 7 atom stereocenters. The summed E-state index contributed by atoms with van der Waals surface area (Å²) >= 11 is 1.81. The number of methoxy groups -OCH3 is 1. The van der Waals surface area contributed by atoms with Gasteiger partial charge in [0.1, 0.15) is 23.0 Å². The van der Waals surface area contributed by atoms with E-state index in [2.05, 4.69) is 25.6 Å². The number of carbonyl (C=O) groups excluding carboxylic acids is 1. The lowest BCUT2D eigenvalue weighted by atomic mass is 9.56. The molecule has 11 heteroatoms. The van der Waals surface area contributed by atoms with E-state index < -0.39 is 5.79 Å². The van der Waals surface area contributed by atoms with Crippen LogP contribution in [-0.2, 0) is 14.3 Å². The number of oxime groups is 1. The van der Waals surface area contributed by atoms with Crippen LogP contribution in [0.1, 0.15) is 93.0 Å². The van der Waals surface area contributed by atoms with Crippen LogP contribution in [0.5, 0.6) is 23.0 Å². The molecule has 0 bridgehead atoms. The van der Waals surface area contributed by atoms with E-state index in [0.29, 0.717) is 48.9 Å². The van der Waals surface area contributed by atoms with Crippen LogP contribution in [0, 0.1) is 17.8 Å². The van der Waals surface area contributed by atoms with E-state index in [0.717, 1.165) is 86.0 Å². The highest BCUT2D eigenvalue weighted by molar-refractivity contribution is 8.00. The average Bonchev–Trinajstić information content (AvgIpc) is 3.18. The molecule has 2 aliphatic heterocycles. The minimum absolute atomic E-state index is 0.0530. The fraction of sp³-hybridized carbons (Fsp3) is 0.571. The summed E-state index contributed by atoms with van der Waals surface area (Å²) in [6, 6.07) is 11.2. The van der Waals surface area contributed by atoms with Gasteiger partial charge in [0.05, 0.1) is 42.8 Å². The average molecular weight is 750 g/mol. The van der Waals surface area contributed by atoms with Crippen LogP contribution in [0.4, 0.5) is 0 Å². The van der Waals surface area contributed by atoms with Gasteiger partial charge in [0, 0.05) is 37.5 Å². The summed E-state index contributed by atoms with van der Waals surface area (Å²) in [5, 5.41) is 24.4. The molecule has 1 saturated carbocycles. The molecule has 2 aromatic carbocycles. The molecule has 7 unspecified atom stereocenters. The third kappa shape index (κ3) is 8.65. The summed E-state index contributed by atoms with van der Waals surface area (Å²) in [6.07, 6.45) is 13.0. The Kier molecular flexibility index (Phi) is 14.0. The van der Waals surface area contributed by atoms with Gasteiger partial charge in [-0.25, -0.2) is 0 Å². The van der Waals surface area contributed by atoms with Crippen molar-refractivity contribution in [3.63, 3.8) is 0 Å². The molecular weight excluding hydrogens is 695 g/mol. The van der Waals surface area contributed by atoms with Gasteiger partial charge < -0.3 is 38.7 Å². The van der Waals surface area contributed by atoms with Crippen molar-refractivity contribution in [2.75, 3.05) is 39.3 Å². The normalized spacial score (nSPS) is 28.2. The van der Waals surface area contributed by atoms with Crippen LogP contribution in [-0.4, -0.2) is 78.8 Å². The SMILES string of the molecule is C=CCOC12Oc3ccc(Oc4ccc(OC)c(C=O)c4)cc3C3C(CCCCO)C(CCCCO)C=C(C(=NOC4CCCCO4)CC1SCC)C32. The number of hydrogen-bond acceptors (Lipinski definition) is 11.